The predicted molar refractivity (Wildman–Crippen MR) is 63.4 cm³/mol. The monoisotopic (exact) mass is 256 g/mol. The second-order valence-electron chi connectivity index (χ2n) is 4.10. The van der Waals surface area contributed by atoms with E-state index in [1.807, 2.05) is 6.92 Å². The Morgan fingerprint density at radius 1 is 1.18 bits per heavy atom. The van der Waals surface area contributed by atoms with E-state index in [-0.39, 0.29) is 0 Å². The van der Waals surface area contributed by atoms with Crippen molar-refractivity contribution in [1.82, 2.24) is 0 Å². The van der Waals surface area contributed by atoms with Gasteiger partial charge >= 0.3 is 0 Å². The van der Waals surface area contributed by atoms with Gasteiger partial charge in [0.05, 0.1) is 18.1 Å². The number of ether oxygens (including phenoxy) is 2. The maximum atomic E-state index is 11.4. The molecule has 1 aliphatic rings. The van der Waals surface area contributed by atoms with Crippen LogP contribution in [0.2, 0.25) is 0 Å². The van der Waals surface area contributed by atoms with Crippen molar-refractivity contribution >= 4 is 9.84 Å². The van der Waals surface area contributed by atoms with Gasteiger partial charge < -0.3 is 9.47 Å². The molecule has 1 heterocycles. The quantitative estimate of drug-likeness (QED) is 0.826. The molecule has 0 spiro atoms. The summed E-state index contributed by atoms with van der Waals surface area (Å²) in [5, 5.41) is 0. The molecule has 4 nitrogen and oxygen atoms in total. The molecule has 5 heteroatoms. The lowest BCUT2D eigenvalue weighted by atomic mass is 10.0. The Morgan fingerprint density at radius 3 is 2.12 bits per heavy atom. The largest absolute Gasteiger partial charge is 0.343 e. The third kappa shape index (κ3) is 2.36. The maximum Gasteiger partial charge on any atom is 0.194 e. The first-order valence-electron chi connectivity index (χ1n) is 5.56. The van der Waals surface area contributed by atoms with Gasteiger partial charge in [0, 0.05) is 18.2 Å². The van der Waals surface area contributed by atoms with Gasteiger partial charge in [-0.2, -0.15) is 0 Å². The fourth-order valence-electron chi connectivity index (χ4n) is 1.99. The highest BCUT2D eigenvalue weighted by molar-refractivity contribution is 7.90. The molecule has 0 bridgehead atoms. The van der Waals surface area contributed by atoms with Crippen molar-refractivity contribution in [2.24, 2.45) is 0 Å². The van der Waals surface area contributed by atoms with Crippen LogP contribution in [0.5, 0.6) is 0 Å². The maximum absolute atomic E-state index is 11.4. The topological polar surface area (TPSA) is 52.6 Å². The van der Waals surface area contributed by atoms with Crippen molar-refractivity contribution in [2.45, 2.75) is 24.0 Å². The number of benzene rings is 1. The zero-order chi connectivity index (χ0) is 12.5. The molecule has 0 amide bonds. The molecule has 1 aromatic carbocycles. The summed E-state index contributed by atoms with van der Waals surface area (Å²) in [6.07, 6.45) is 1.89. The van der Waals surface area contributed by atoms with Crippen molar-refractivity contribution in [1.29, 1.82) is 0 Å². The zero-order valence-corrected chi connectivity index (χ0v) is 10.8. The number of sulfone groups is 1. The molecule has 0 aromatic heterocycles. The average Bonchev–Trinajstić information content (AvgIpc) is 2.78. The molecule has 1 aromatic rings. The van der Waals surface area contributed by atoms with Gasteiger partial charge in [0.2, 0.25) is 0 Å². The fraction of sp³-hybridized carbons (Fsp3) is 0.500. The number of hydrogen-bond donors (Lipinski definition) is 0. The van der Waals surface area contributed by atoms with Gasteiger partial charge in [-0.25, -0.2) is 8.42 Å². The van der Waals surface area contributed by atoms with E-state index in [4.69, 9.17) is 9.47 Å². The summed E-state index contributed by atoms with van der Waals surface area (Å²) < 4.78 is 34.0. The summed E-state index contributed by atoms with van der Waals surface area (Å²) in [4.78, 5) is 0.311. The van der Waals surface area contributed by atoms with E-state index < -0.39 is 15.6 Å². The SMILES string of the molecule is CCC1(c2ccc(S(C)(=O)=O)cc2)OCCO1. The highest BCUT2D eigenvalue weighted by Crippen LogP contribution is 2.34. The number of hydrogen-bond acceptors (Lipinski definition) is 4. The average molecular weight is 256 g/mol. The van der Waals surface area contributed by atoms with E-state index in [1.165, 1.54) is 6.26 Å². The molecular formula is C12H16O4S. The summed E-state index contributed by atoms with van der Waals surface area (Å²) in [6.45, 7) is 3.12. The van der Waals surface area contributed by atoms with Crippen LogP contribution in [0.15, 0.2) is 29.2 Å². The molecular weight excluding hydrogens is 240 g/mol. The Bertz CT molecular complexity index is 484. The normalized spacial score (nSPS) is 19.4. The molecule has 2 rings (SSSR count). The summed E-state index contributed by atoms with van der Waals surface area (Å²) >= 11 is 0. The summed E-state index contributed by atoms with van der Waals surface area (Å²) in [7, 11) is -3.15. The molecule has 0 saturated carbocycles. The molecule has 0 unspecified atom stereocenters. The fourth-order valence-corrected chi connectivity index (χ4v) is 2.62. The number of rotatable bonds is 3. The van der Waals surface area contributed by atoms with Crippen LogP contribution in [0.4, 0.5) is 0 Å². The Labute approximate surface area is 101 Å². The van der Waals surface area contributed by atoms with E-state index >= 15 is 0 Å². The van der Waals surface area contributed by atoms with E-state index in [0.717, 1.165) is 5.56 Å². The van der Waals surface area contributed by atoms with Crippen LogP contribution in [0.3, 0.4) is 0 Å². The lowest BCUT2D eigenvalue weighted by Crippen LogP contribution is -2.25. The van der Waals surface area contributed by atoms with Crippen LogP contribution >= 0.6 is 0 Å². The van der Waals surface area contributed by atoms with Crippen molar-refractivity contribution in [3.05, 3.63) is 29.8 Å². The van der Waals surface area contributed by atoms with Crippen molar-refractivity contribution in [3.8, 4) is 0 Å². The summed E-state index contributed by atoms with van der Waals surface area (Å²) in [5.41, 5.74) is 0.866. The molecule has 1 aliphatic heterocycles. The molecule has 1 fully saturated rings. The third-order valence-corrected chi connectivity index (χ3v) is 4.07. The van der Waals surface area contributed by atoms with E-state index in [1.54, 1.807) is 24.3 Å². The molecule has 94 valence electrons. The van der Waals surface area contributed by atoms with Crippen LogP contribution < -0.4 is 0 Å². The Hall–Kier alpha value is -0.910. The Morgan fingerprint density at radius 2 is 1.71 bits per heavy atom. The minimum absolute atomic E-state index is 0.311. The van der Waals surface area contributed by atoms with Crippen molar-refractivity contribution in [3.63, 3.8) is 0 Å². The lowest BCUT2D eigenvalue weighted by Gasteiger charge is -2.26. The standard InChI is InChI=1S/C12H16O4S/c1-3-12(15-8-9-16-12)10-4-6-11(7-5-10)17(2,13)14/h4-7H,3,8-9H2,1-2H3. The van der Waals surface area contributed by atoms with Crippen LogP contribution in [0.1, 0.15) is 18.9 Å². The van der Waals surface area contributed by atoms with Gasteiger partial charge in [-0.15, -0.1) is 0 Å². The van der Waals surface area contributed by atoms with E-state index in [0.29, 0.717) is 24.5 Å². The van der Waals surface area contributed by atoms with Gasteiger partial charge in [-0.1, -0.05) is 19.1 Å². The summed E-state index contributed by atoms with van der Waals surface area (Å²) in [6, 6.07) is 6.69. The van der Waals surface area contributed by atoms with Crippen LogP contribution in [0, 0.1) is 0 Å². The van der Waals surface area contributed by atoms with E-state index in [2.05, 4.69) is 0 Å². The first-order valence-corrected chi connectivity index (χ1v) is 7.45. The van der Waals surface area contributed by atoms with Crippen molar-refractivity contribution in [2.75, 3.05) is 19.5 Å². The van der Waals surface area contributed by atoms with Crippen LogP contribution in [0.25, 0.3) is 0 Å². The molecule has 0 atom stereocenters. The molecule has 0 aliphatic carbocycles. The highest BCUT2D eigenvalue weighted by Gasteiger charge is 2.36. The van der Waals surface area contributed by atoms with Gasteiger partial charge in [0.25, 0.3) is 0 Å². The molecule has 0 N–H and O–H groups in total. The predicted octanol–water partition coefficient (Wildman–Crippen LogP) is 1.70. The van der Waals surface area contributed by atoms with Gasteiger partial charge in [0.15, 0.2) is 15.6 Å². The van der Waals surface area contributed by atoms with Crippen molar-refractivity contribution < 1.29 is 17.9 Å². The molecule has 17 heavy (non-hydrogen) atoms. The Kier molecular flexibility index (Phi) is 3.25. The summed E-state index contributed by atoms with van der Waals surface area (Å²) in [5.74, 6) is -0.698. The Balaban J connectivity index is 2.35. The van der Waals surface area contributed by atoms with Gasteiger partial charge in [0.1, 0.15) is 0 Å². The minimum Gasteiger partial charge on any atom is -0.343 e. The molecule has 1 saturated heterocycles. The minimum atomic E-state index is -3.15. The second kappa shape index (κ2) is 4.40. The highest BCUT2D eigenvalue weighted by atomic mass is 32.2. The molecule has 0 radical (unpaired) electrons. The lowest BCUT2D eigenvalue weighted by molar-refractivity contribution is -0.167. The van der Waals surface area contributed by atoms with Gasteiger partial charge in [-0.3, -0.25) is 0 Å². The van der Waals surface area contributed by atoms with E-state index in [9.17, 15) is 8.42 Å². The van der Waals surface area contributed by atoms with Gasteiger partial charge in [-0.05, 0) is 12.1 Å². The van der Waals surface area contributed by atoms with Crippen LogP contribution in [-0.4, -0.2) is 27.9 Å². The van der Waals surface area contributed by atoms with Crippen LogP contribution in [-0.2, 0) is 25.1 Å². The third-order valence-electron chi connectivity index (χ3n) is 2.94. The first kappa shape index (κ1) is 12.5. The first-order chi connectivity index (χ1) is 7.98. The smallest absolute Gasteiger partial charge is 0.194 e. The zero-order valence-electron chi connectivity index (χ0n) is 9.97. The second-order valence-corrected chi connectivity index (χ2v) is 6.12.